The normalized spacial score (nSPS) is 16.4. The molecule has 3 aromatic rings. The van der Waals surface area contributed by atoms with Gasteiger partial charge in [0, 0.05) is 11.1 Å². The molecule has 0 spiro atoms. The fourth-order valence-electron chi connectivity index (χ4n) is 3.62. The average molecular weight is 337 g/mol. The first-order valence-corrected chi connectivity index (χ1v) is 8.99. The van der Waals surface area contributed by atoms with E-state index in [1.54, 1.807) is 0 Å². The summed E-state index contributed by atoms with van der Waals surface area (Å²) in [5.41, 5.74) is 4.51. The Morgan fingerprint density at radius 1 is 1.21 bits per heavy atom. The molecule has 1 unspecified atom stereocenters. The van der Waals surface area contributed by atoms with Crippen molar-refractivity contribution in [2.45, 2.75) is 39.7 Å². The lowest BCUT2D eigenvalue weighted by atomic mass is 10.1. The largest absolute Gasteiger partial charge is 0.345 e. The first-order chi connectivity index (χ1) is 11.5. The fraction of sp³-hybridized carbons (Fsp3) is 0.316. The van der Waals surface area contributed by atoms with Crippen molar-refractivity contribution in [2.75, 3.05) is 0 Å². The number of carbonyl (C=O) groups excluding carboxylic acids is 1. The molecule has 2 heterocycles. The maximum Gasteiger partial charge on any atom is 0.262 e. The Morgan fingerprint density at radius 3 is 2.83 bits per heavy atom. The molecule has 5 heteroatoms. The number of aromatic nitrogens is 2. The summed E-state index contributed by atoms with van der Waals surface area (Å²) < 4.78 is 0. The first-order valence-electron chi connectivity index (χ1n) is 8.17. The minimum atomic E-state index is -0.00532. The molecule has 0 aliphatic heterocycles. The predicted molar refractivity (Wildman–Crippen MR) is 96.6 cm³/mol. The number of benzene rings is 1. The second-order valence-corrected chi connectivity index (χ2v) is 7.36. The van der Waals surface area contributed by atoms with E-state index in [2.05, 4.69) is 33.5 Å². The number of carbonyl (C=O) groups is 1. The van der Waals surface area contributed by atoms with Crippen molar-refractivity contribution < 1.29 is 4.79 Å². The van der Waals surface area contributed by atoms with E-state index in [4.69, 9.17) is 0 Å². The highest BCUT2D eigenvalue weighted by Gasteiger charge is 2.26. The zero-order chi connectivity index (χ0) is 16.8. The van der Waals surface area contributed by atoms with Crippen molar-refractivity contribution >= 4 is 27.5 Å². The van der Waals surface area contributed by atoms with E-state index in [-0.39, 0.29) is 11.9 Å². The van der Waals surface area contributed by atoms with Gasteiger partial charge in [0.1, 0.15) is 10.7 Å². The summed E-state index contributed by atoms with van der Waals surface area (Å²) in [6.45, 7) is 5.85. The van der Waals surface area contributed by atoms with Crippen LogP contribution in [0.1, 0.15) is 50.3 Å². The standard InChI is InChI=1S/C19H19N3OS/c1-10-16-11(2)20-12(3)21-19(16)24-17(10)18(23)22-15-9-8-13-6-4-5-7-14(13)15/h4-7,15H,8-9H2,1-3H3,(H,22,23). The molecule has 0 saturated heterocycles. The van der Waals surface area contributed by atoms with Crippen LogP contribution in [0.25, 0.3) is 10.2 Å². The van der Waals surface area contributed by atoms with Crippen LogP contribution in [-0.2, 0) is 6.42 Å². The van der Waals surface area contributed by atoms with Gasteiger partial charge in [0.05, 0.1) is 10.9 Å². The second kappa shape index (κ2) is 5.67. The molecular weight excluding hydrogens is 318 g/mol. The van der Waals surface area contributed by atoms with Crippen molar-refractivity contribution in [2.24, 2.45) is 0 Å². The molecule has 1 N–H and O–H groups in total. The summed E-state index contributed by atoms with van der Waals surface area (Å²) in [5.74, 6) is 0.743. The van der Waals surface area contributed by atoms with E-state index in [0.29, 0.717) is 0 Å². The third kappa shape index (κ3) is 2.40. The number of hydrogen-bond acceptors (Lipinski definition) is 4. The first kappa shape index (κ1) is 15.3. The third-order valence-electron chi connectivity index (χ3n) is 4.73. The third-order valence-corrected chi connectivity index (χ3v) is 5.91. The Balaban J connectivity index is 1.67. The van der Waals surface area contributed by atoms with Gasteiger partial charge in [0.15, 0.2) is 0 Å². The number of fused-ring (bicyclic) bond motifs is 2. The molecule has 0 fully saturated rings. The van der Waals surface area contributed by atoms with E-state index < -0.39 is 0 Å². The minimum absolute atomic E-state index is 0.00532. The van der Waals surface area contributed by atoms with Gasteiger partial charge in [-0.2, -0.15) is 0 Å². The van der Waals surface area contributed by atoms with E-state index in [9.17, 15) is 4.79 Å². The van der Waals surface area contributed by atoms with Crippen molar-refractivity contribution in [1.82, 2.24) is 15.3 Å². The smallest absolute Gasteiger partial charge is 0.262 e. The van der Waals surface area contributed by atoms with Gasteiger partial charge in [-0.3, -0.25) is 4.79 Å². The van der Waals surface area contributed by atoms with Gasteiger partial charge >= 0.3 is 0 Å². The molecule has 1 aliphatic carbocycles. The van der Waals surface area contributed by atoms with Crippen molar-refractivity contribution in [3.05, 3.63) is 57.4 Å². The predicted octanol–water partition coefficient (Wildman–Crippen LogP) is 4.03. The quantitative estimate of drug-likeness (QED) is 0.768. The second-order valence-electron chi connectivity index (χ2n) is 6.36. The van der Waals surface area contributed by atoms with Gasteiger partial charge in [-0.25, -0.2) is 9.97 Å². The number of aryl methyl sites for hydroxylation is 4. The summed E-state index contributed by atoms with van der Waals surface area (Å²) in [4.78, 5) is 23.4. The topological polar surface area (TPSA) is 54.9 Å². The van der Waals surface area contributed by atoms with Crippen LogP contribution < -0.4 is 5.32 Å². The van der Waals surface area contributed by atoms with Crippen LogP contribution in [0.5, 0.6) is 0 Å². The van der Waals surface area contributed by atoms with Crippen LogP contribution in [0.2, 0.25) is 0 Å². The van der Waals surface area contributed by atoms with Crippen molar-refractivity contribution in [3.63, 3.8) is 0 Å². The summed E-state index contributed by atoms with van der Waals surface area (Å²) in [5, 5.41) is 4.23. The zero-order valence-electron chi connectivity index (χ0n) is 14.0. The molecule has 1 atom stereocenters. The highest BCUT2D eigenvalue weighted by atomic mass is 32.1. The molecule has 0 saturated carbocycles. The lowest BCUT2D eigenvalue weighted by Gasteiger charge is -2.13. The Labute approximate surface area is 145 Å². The van der Waals surface area contributed by atoms with Crippen LogP contribution in [0.15, 0.2) is 24.3 Å². The van der Waals surface area contributed by atoms with Crippen molar-refractivity contribution in [1.29, 1.82) is 0 Å². The molecule has 122 valence electrons. The molecule has 4 rings (SSSR count). The van der Waals surface area contributed by atoms with Crippen LogP contribution in [-0.4, -0.2) is 15.9 Å². The van der Waals surface area contributed by atoms with Gasteiger partial charge in [0.25, 0.3) is 5.91 Å². The SMILES string of the molecule is Cc1nc(C)c2c(C)c(C(=O)NC3CCc4ccccc43)sc2n1. The van der Waals surface area contributed by atoms with E-state index >= 15 is 0 Å². The lowest BCUT2D eigenvalue weighted by Crippen LogP contribution is -2.26. The lowest BCUT2D eigenvalue weighted by molar-refractivity contribution is 0.0940. The molecule has 0 radical (unpaired) electrons. The minimum Gasteiger partial charge on any atom is -0.345 e. The number of nitrogens with one attached hydrogen (secondary N) is 1. The molecule has 1 aliphatic rings. The van der Waals surface area contributed by atoms with Gasteiger partial charge in [-0.1, -0.05) is 24.3 Å². The van der Waals surface area contributed by atoms with Gasteiger partial charge < -0.3 is 5.32 Å². The Kier molecular flexibility index (Phi) is 3.61. The van der Waals surface area contributed by atoms with E-state index in [1.165, 1.54) is 22.5 Å². The molecule has 0 bridgehead atoms. The Morgan fingerprint density at radius 2 is 2.00 bits per heavy atom. The van der Waals surface area contributed by atoms with Crippen LogP contribution in [0.3, 0.4) is 0 Å². The number of amides is 1. The molecular formula is C19H19N3OS. The summed E-state index contributed by atoms with van der Waals surface area (Å²) >= 11 is 1.46. The number of thiophene rings is 1. The summed E-state index contributed by atoms with van der Waals surface area (Å²) in [7, 11) is 0. The highest BCUT2D eigenvalue weighted by molar-refractivity contribution is 7.20. The maximum absolute atomic E-state index is 12.8. The van der Waals surface area contributed by atoms with E-state index in [1.807, 2.05) is 26.8 Å². The van der Waals surface area contributed by atoms with Crippen LogP contribution in [0.4, 0.5) is 0 Å². The maximum atomic E-state index is 12.8. The number of hydrogen-bond donors (Lipinski definition) is 1. The molecule has 2 aromatic heterocycles. The van der Waals surface area contributed by atoms with Gasteiger partial charge in [-0.15, -0.1) is 11.3 Å². The van der Waals surface area contributed by atoms with Gasteiger partial charge in [0.2, 0.25) is 0 Å². The summed E-state index contributed by atoms with van der Waals surface area (Å²) in [6.07, 6.45) is 1.99. The highest BCUT2D eigenvalue weighted by Crippen LogP contribution is 2.34. The fourth-order valence-corrected chi connectivity index (χ4v) is 4.80. The molecule has 1 amide bonds. The van der Waals surface area contributed by atoms with E-state index in [0.717, 1.165) is 45.0 Å². The molecule has 1 aromatic carbocycles. The monoisotopic (exact) mass is 337 g/mol. The van der Waals surface area contributed by atoms with Crippen LogP contribution >= 0.6 is 11.3 Å². The number of rotatable bonds is 2. The summed E-state index contributed by atoms with van der Waals surface area (Å²) in [6, 6.07) is 8.46. The molecule has 4 nitrogen and oxygen atoms in total. The van der Waals surface area contributed by atoms with Gasteiger partial charge in [-0.05, 0) is 50.3 Å². The Hall–Kier alpha value is -2.27. The Bertz CT molecular complexity index is 961. The molecule has 24 heavy (non-hydrogen) atoms. The van der Waals surface area contributed by atoms with Crippen LogP contribution in [0, 0.1) is 20.8 Å². The average Bonchev–Trinajstić information content (AvgIpc) is 3.09. The number of nitrogens with zero attached hydrogens (tertiary/aromatic N) is 2. The van der Waals surface area contributed by atoms with Crippen molar-refractivity contribution in [3.8, 4) is 0 Å². The zero-order valence-corrected chi connectivity index (χ0v) is 14.8.